The number of rotatable bonds is 9. The van der Waals surface area contributed by atoms with Crippen LogP contribution in [0, 0.1) is 5.92 Å². The van der Waals surface area contributed by atoms with E-state index >= 15 is 0 Å². The van der Waals surface area contributed by atoms with Crippen molar-refractivity contribution in [3.05, 3.63) is 24.3 Å². The number of unbranched alkanes of at least 4 members (excludes halogenated alkanes) is 1. The van der Waals surface area contributed by atoms with Gasteiger partial charge in [0, 0.05) is 0 Å². The summed E-state index contributed by atoms with van der Waals surface area (Å²) in [6.07, 6.45) is 3.88. The Morgan fingerprint density at radius 2 is 2.00 bits per heavy atom. The summed E-state index contributed by atoms with van der Waals surface area (Å²) >= 11 is 0. The lowest BCUT2D eigenvalue weighted by Crippen LogP contribution is -2.20. The second kappa shape index (κ2) is 9.23. The zero-order valence-corrected chi connectivity index (χ0v) is 12.4. The monoisotopic (exact) mass is 279 g/mol. The third-order valence-corrected chi connectivity index (χ3v) is 3.24. The average Bonchev–Trinajstić information content (AvgIpc) is 2.46. The van der Waals surface area contributed by atoms with Crippen molar-refractivity contribution < 1.29 is 14.3 Å². The molecule has 2 N–H and O–H groups in total. The summed E-state index contributed by atoms with van der Waals surface area (Å²) in [6.45, 7) is 4.72. The number of nitrogens with two attached hydrogens (primary N) is 1. The lowest BCUT2D eigenvalue weighted by atomic mass is 10.00. The number of hydrogen-bond acceptors (Lipinski definition) is 4. The molecule has 4 heteroatoms. The zero-order valence-electron chi connectivity index (χ0n) is 12.4. The van der Waals surface area contributed by atoms with Crippen LogP contribution in [-0.4, -0.2) is 19.2 Å². The third kappa shape index (κ3) is 5.51. The van der Waals surface area contributed by atoms with Crippen LogP contribution in [-0.2, 0) is 9.53 Å². The Kier molecular flexibility index (Phi) is 7.55. The van der Waals surface area contributed by atoms with E-state index < -0.39 is 0 Å². The molecule has 0 radical (unpaired) electrons. The molecule has 4 nitrogen and oxygen atoms in total. The van der Waals surface area contributed by atoms with Crippen LogP contribution in [0.15, 0.2) is 24.3 Å². The van der Waals surface area contributed by atoms with Crippen molar-refractivity contribution in [3.63, 3.8) is 0 Å². The lowest BCUT2D eigenvalue weighted by molar-refractivity contribution is -0.149. The van der Waals surface area contributed by atoms with Gasteiger partial charge in [0.1, 0.15) is 19.0 Å². The van der Waals surface area contributed by atoms with Gasteiger partial charge in [-0.2, -0.15) is 0 Å². The SMILES string of the molecule is CCCCC(CC)C(=O)OCCOc1ccccc1N. The fourth-order valence-electron chi connectivity index (χ4n) is 1.96. The highest BCUT2D eigenvalue weighted by atomic mass is 16.6. The molecule has 0 heterocycles. The van der Waals surface area contributed by atoms with Gasteiger partial charge in [-0.1, -0.05) is 38.8 Å². The van der Waals surface area contributed by atoms with Gasteiger partial charge >= 0.3 is 5.97 Å². The fraction of sp³-hybridized carbons (Fsp3) is 0.562. The minimum atomic E-state index is -0.120. The first-order valence-electron chi connectivity index (χ1n) is 7.33. The van der Waals surface area contributed by atoms with Gasteiger partial charge in [-0.25, -0.2) is 0 Å². The Morgan fingerprint density at radius 3 is 2.65 bits per heavy atom. The van der Waals surface area contributed by atoms with Crippen molar-refractivity contribution in [2.24, 2.45) is 5.92 Å². The first-order chi connectivity index (χ1) is 9.69. The van der Waals surface area contributed by atoms with E-state index in [9.17, 15) is 4.79 Å². The van der Waals surface area contributed by atoms with Crippen LogP contribution in [0.4, 0.5) is 5.69 Å². The number of nitrogen functional groups attached to an aromatic ring is 1. The van der Waals surface area contributed by atoms with E-state index in [0.717, 1.165) is 25.7 Å². The highest BCUT2D eigenvalue weighted by Crippen LogP contribution is 2.19. The van der Waals surface area contributed by atoms with Crippen molar-refractivity contribution >= 4 is 11.7 Å². The summed E-state index contributed by atoms with van der Waals surface area (Å²) in [4.78, 5) is 11.9. The molecule has 0 aromatic heterocycles. The van der Waals surface area contributed by atoms with Crippen molar-refractivity contribution in [1.82, 2.24) is 0 Å². The number of esters is 1. The van der Waals surface area contributed by atoms with Crippen LogP contribution in [0.5, 0.6) is 5.75 Å². The van der Waals surface area contributed by atoms with Gasteiger partial charge in [0.2, 0.25) is 0 Å². The standard InChI is InChI=1S/C16H25NO3/c1-3-5-8-13(4-2)16(18)20-12-11-19-15-10-7-6-9-14(15)17/h6-7,9-10,13H,3-5,8,11-12,17H2,1-2H3. The molecule has 0 aliphatic heterocycles. The number of hydrogen-bond donors (Lipinski definition) is 1. The predicted molar refractivity (Wildman–Crippen MR) is 80.6 cm³/mol. The number of ether oxygens (including phenoxy) is 2. The maximum Gasteiger partial charge on any atom is 0.309 e. The Labute approximate surface area is 121 Å². The number of benzene rings is 1. The minimum Gasteiger partial charge on any atom is -0.488 e. The average molecular weight is 279 g/mol. The van der Waals surface area contributed by atoms with Crippen LogP contribution in [0.3, 0.4) is 0 Å². The van der Waals surface area contributed by atoms with Crippen LogP contribution in [0.2, 0.25) is 0 Å². The molecule has 112 valence electrons. The maximum absolute atomic E-state index is 11.9. The second-order valence-electron chi connectivity index (χ2n) is 4.80. The van der Waals surface area contributed by atoms with E-state index in [1.807, 2.05) is 19.1 Å². The predicted octanol–water partition coefficient (Wildman–Crippen LogP) is 3.41. The van der Waals surface area contributed by atoms with Gasteiger partial charge < -0.3 is 15.2 Å². The van der Waals surface area contributed by atoms with Crippen molar-refractivity contribution in [2.45, 2.75) is 39.5 Å². The van der Waals surface area contributed by atoms with Crippen molar-refractivity contribution in [2.75, 3.05) is 18.9 Å². The quantitative estimate of drug-likeness (QED) is 0.427. The first kappa shape index (κ1) is 16.3. The van der Waals surface area contributed by atoms with E-state index in [4.69, 9.17) is 15.2 Å². The van der Waals surface area contributed by atoms with Gasteiger partial charge in [-0.05, 0) is 25.0 Å². The highest BCUT2D eigenvalue weighted by Gasteiger charge is 2.17. The molecule has 1 rings (SSSR count). The summed E-state index contributed by atoms with van der Waals surface area (Å²) in [7, 11) is 0. The zero-order chi connectivity index (χ0) is 14.8. The molecule has 0 fully saturated rings. The Morgan fingerprint density at radius 1 is 1.25 bits per heavy atom. The lowest BCUT2D eigenvalue weighted by Gasteiger charge is -2.14. The molecule has 0 saturated carbocycles. The van der Waals surface area contributed by atoms with E-state index in [1.54, 1.807) is 12.1 Å². The molecule has 0 spiro atoms. The first-order valence-corrected chi connectivity index (χ1v) is 7.33. The van der Waals surface area contributed by atoms with Crippen LogP contribution < -0.4 is 10.5 Å². The molecular weight excluding hydrogens is 254 g/mol. The molecule has 0 aliphatic rings. The third-order valence-electron chi connectivity index (χ3n) is 3.24. The van der Waals surface area contributed by atoms with Gasteiger partial charge in [0.15, 0.2) is 0 Å². The fourth-order valence-corrected chi connectivity index (χ4v) is 1.96. The Balaban J connectivity index is 2.26. The molecule has 0 aliphatic carbocycles. The van der Waals surface area contributed by atoms with E-state index in [-0.39, 0.29) is 18.5 Å². The minimum absolute atomic E-state index is 0.0109. The topological polar surface area (TPSA) is 61.5 Å². The van der Waals surface area contributed by atoms with E-state index in [1.165, 1.54) is 0 Å². The van der Waals surface area contributed by atoms with Crippen LogP contribution in [0.25, 0.3) is 0 Å². The molecule has 20 heavy (non-hydrogen) atoms. The summed E-state index contributed by atoms with van der Waals surface area (Å²) < 4.78 is 10.7. The molecule has 1 unspecified atom stereocenters. The molecule has 1 atom stereocenters. The van der Waals surface area contributed by atoms with Gasteiger partial charge in [0.25, 0.3) is 0 Å². The van der Waals surface area contributed by atoms with Crippen LogP contribution in [0.1, 0.15) is 39.5 Å². The van der Waals surface area contributed by atoms with Gasteiger partial charge in [-0.15, -0.1) is 0 Å². The molecule has 0 bridgehead atoms. The summed E-state index contributed by atoms with van der Waals surface area (Å²) in [5, 5.41) is 0. The van der Waals surface area contributed by atoms with Crippen molar-refractivity contribution in [3.8, 4) is 5.75 Å². The Hall–Kier alpha value is -1.71. The van der Waals surface area contributed by atoms with Crippen molar-refractivity contribution in [1.29, 1.82) is 0 Å². The Bertz CT molecular complexity index is 406. The van der Waals surface area contributed by atoms with Gasteiger partial charge in [0.05, 0.1) is 11.6 Å². The molecule has 0 amide bonds. The molecular formula is C16H25NO3. The second-order valence-corrected chi connectivity index (χ2v) is 4.80. The number of carbonyl (C=O) groups is 1. The normalized spacial score (nSPS) is 11.9. The molecule has 0 saturated heterocycles. The van der Waals surface area contributed by atoms with Crippen LogP contribution >= 0.6 is 0 Å². The summed E-state index contributed by atoms with van der Waals surface area (Å²) in [5.74, 6) is 0.518. The van der Waals surface area contributed by atoms with E-state index in [2.05, 4.69) is 6.92 Å². The van der Waals surface area contributed by atoms with Gasteiger partial charge in [-0.3, -0.25) is 4.79 Å². The number of anilines is 1. The smallest absolute Gasteiger partial charge is 0.309 e. The number of para-hydroxylation sites is 2. The summed E-state index contributed by atoms with van der Waals surface area (Å²) in [6, 6.07) is 7.28. The molecule has 1 aromatic rings. The maximum atomic E-state index is 11.9. The molecule has 1 aromatic carbocycles. The van der Waals surface area contributed by atoms with E-state index in [0.29, 0.717) is 18.0 Å². The highest BCUT2D eigenvalue weighted by molar-refractivity contribution is 5.72. The number of carbonyl (C=O) groups excluding carboxylic acids is 1. The largest absolute Gasteiger partial charge is 0.488 e. The summed E-state index contributed by atoms with van der Waals surface area (Å²) in [5.41, 5.74) is 6.35.